The highest BCUT2D eigenvalue weighted by atomic mass is 16.5. The topological polar surface area (TPSA) is 12.5 Å². The Balaban J connectivity index is 2.19. The van der Waals surface area contributed by atoms with Crippen LogP contribution in [0.4, 0.5) is 0 Å². The maximum atomic E-state index is 5.62. The summed E-state index contributed by atoms with van der Waals surface area (Å²) in [6.07, 6.45) is 3.83. The molecule has 17 heavy (non-hydrogen) atoms. The van der Waals surface area contributed by atoms with Crippen molar-refractivity contribution in [1.29, 1.82) is 0 Å². The van der Waals surface area contributed by atoms with E-state index in [-0.39, 0.29) is 5.54 Å². The molecule has 0 radical (unpaired) electrons. The molecular weight excluding hydrogens is 210 g/mol. The molecule has 2 nitrogen and oxygen atoms in total. The van der Waals surface area contributed by atoms with E-state index >= 15 is 0 Å². The molecule has 0 aromatic heterocycles. The summed E-state index contributed by atoms with van der Waals surface area (Å²) < 4.78 is 5.62. The monoisotopic (exact) mass is 233 g/mol. The van der Waals surface area contributed by atoms with Gasteiger partial charge in [0.05, 0.1) is 6.73 Å². The van der Waals surface area contributed by atoms with Gasteiger partial charge in [-0.05, 0) is 38.7 Å². The molecule has 94 valence electrons. The lowest BCUT2D eigenvalue weighted by molar-refractivity contribution is -0.0483. The number of ether oxygens (including phenoxy) is 1. The Bertz CT molecular complexity index is 338. The van der Waals surface area contributed by atoms with E-state index in [9.17, 15) is 0 Å². The molecule has 0 saturated carbocycles. The lowest BCUT2D eigenvalue weighted by Gasteiger charge is -2.45. The first-order valence-corrected chi connectivity index (χ1v) is 6.65. The van der Waals surface area contributed by atoms with Gasteiger partial charge < -0.3 is 4.74 Å². The van der Waals surface area contributed by atoms with Crippen LogP contribution < -0.4 is 0 Å². The second-order valence-electron chi connectivity index (χ2n) is 4.98. The smallest absolute Gasteiger partial charge is 0.0997 e. The Morgan fingerprint density at radius 3 is 2.71 bits per heavy atom. The number of rotatable bonds is 4. The molecular formula is C15H23NO. The van der Waals surface area contributed by atoms with Gasteiger partial charge in [-0.3, -0.25) is 4.90 Å². The molecule has 1 aliphatic rings. The number of likely N-dealkylation sites (tertiary alicyclic amines) is 1. The molecule has 0 aliphatic carbocycles. The minimum atomic E-state index is 0.147. The predicted octanol–water partition coefficient (Wildman–Crippen LogP) is 3.38. The van der Waals surface area contributed by atoms with Crippen molar-refractivity contribution in [2.24, 2.45) is 0 Å². The van der Waals surface area contributed by atoms with Crippen LogP contribution in [0.25, 0.3) is 0 Å². The average Bonchev–Trinajstić information content (AvgIpc) is 2.39. The molecule has 2 heteroatoms. The first-order valence-electron chi connectivity index (χ1n) is 6.65. The molecule has 2 rings (SSSR count). The average molecular weight is 233 g/mol. The van der Waals surface area contributed by atoms with Gasteiger partial charge in [-0.25, -0.2) is 0 Å². The summed E-state index contributed by atoms with van der Waals surface area (Å²) in [5.74, 6) is 0. The lowest BCUT2D eigenvalue weighted by Crippen LogP contribution is -2.48. The minimum absolute atomic E-state index is 0.147. The van der Waals surface area contributed by atoms with Crippen LogP contribution in [0.3, 0.4) is 0 Å². The van der Waals surface area contributed by atoms with Crippen LogP contribution in [-0.2, 0) is 10.3 Å². The largest absolute Gasteiger partial charge is 0.366 e. The summed E-state index contributed by atoms with van der Waals surface area (Å²) in [6.45, 7) is 7.10. The Morgan fingerprint density at radius 1 is 1.24 bits per heavy atom. The summed E-state index contributed by atoms with van der Waals surface area (Å²) in [6, 6.07) is 10.8. The van der Waals surface area contributed by atoms with Crippen LogP contribution in [0.2, 0.25) is 0 Å². The van der Waals surface area contributed by atoms with Gasteiger partial charge in [-0.15, -0.1) is 0 Å². The van der Waals surface area contributed by atoms with Crippen LogP contribution in [-0.4, -0.2) is 24.8 Å². The van der Waals surface area contributed by atoms with Crippen LogP contribution >= 0.6 is 0 Å². The molecule has 0 N–H and O–H groups in total. The van der Waals surface area contributed by atoms with Crippen LogP contribution in [0.15, 0.2) is 30.3 Å². The molecule has 1 aromatic rings. The van der Waals surface area contributed by atoms with Crippen molar-refractivity contribution in [3.63, 3.8) is 0 Å². The van der Waals surface area contributed by atoms with Crippen molar-refractivity contribution in [1.82, 2.24) is 4.90 Å². The normalized spacial score (nSPS) is 26.0. The van der Waals surface area contributed by atoms with Gasteiger partial charge in [-0.1, -0.05) is 30.3 Å². The Labute approximate surface area is 105 Å². The van der Waals surface area contributed by atoms with Crippen LogP contribution in [0.5, 0.6) is 0 Å². The quantitative estimate of drug-likeness (QED) is 0.790. The zero-order chi connectivity index (χ0) is 12.1. The summed E-state index contributed by atoms with van der Waals surface area (Å²) in [4.78, 5) is 2.48. The van der Waals surface area contributed by atoms with Crippen molar-refractivity contribution in [2.45, 2.75) is 38.6 Å². The maximum absolute atomic E-state index is 5.62. The highest BCUT2D eigenvalue weighted by Gasteiger charge is 2.35. The third kappa shape index (κ3) is 2.70. The van der Waals surface area contributed by atoms with Gasteiger partial charge in [-0.2, -0.15) is 0 Å². The second kappa shape index (κ2) is 5.65. The predicted molar refractivity (Wildman–Crippen MR) is 70.8 cm³/mol. The number of nitrogens with zero attached hydrogens (tertiary/aromatic N) is 1. The van der Waals surface area contributed by atoms with Gasteiger partial charge in [0.2, 0.25) is 0 Å². The second-order valence-corrected chi connectivity index (χ2v) is 4.98. The molecule has 1 saturated heterocycles. The van der Waals surface area contributed by atoms with Gasteiger partial charge in [0.15, 0.2) is 0 Å². The fraction of sp³-hybridized carbons (Fsp3) is 0.600. The molecule has 1 aromatic carbocycles. The number of benzene rings is 1. The summed E-state index contributed by atoms with van der Waals surface area (Å²) in [7, 11) is 0. The van der Waals surface area contributed by atoms with Crippen molar-refractivity contribution in [3.05, 3.63) is 35.9 Å². The molecule has 1 unspecified atom stereocenters. The number of hydrogen-bond acceptors (Lipinski definition) is 2. The van der Waals surface area contributed by atoms with Crippen LogP contribution in [0, 0.1) is 0 Å². The van der Waals surface area contributed by atoms with E-state index in [4.69, 9.17) is 4.74 Å². The van der Waals surface area contributed by atoms with Crippen molar-refractivity contribution in [3.8, 4) is 0 Å². The summed E-state index contributed by atoms with van der Waals surface area (Å²) in [5, 5.41) is 0. The Kier molecular flexibility index (Phi) is 4.19. The van der Waals surface area contributed by atoms with E-state index < -0.39 is 0 Å². The summed E-state index contributed by atoms with van der Waals surface area (Å²) in [5.41, 5.74) is 1.56. The van der Waals surface area contributed by atoms with E-state index in [1.54, 1.807) is 0 Å². The third-order valence-corrected chi connectivity index (χ3v) is 3.89. The fourth-order valence-electron chi connectivity index (χ4n) is 2.71. The van der Waals surface area contributed by atoms with E-state index in [1.807, 2.05) is 0 Å². The molecule has 0 spiro atoms. The molecule has 1 fully saturated rings. The van der Waals surface area contributed by atoms with E-state index in [1.165, 1.54) is 24.8 Å². The highest BCUT2D eigenvalue weighted by molar-refractivity contribution is 5.24. The van der Waals surface area contributed by atoms with Crippen molar-refractivity contribution in [2.75, 3.05) is 19.9 Å². The molecule has 0 amide bonds. The Hall–Kier alpha value is -0.860. The lowest BCUT2D eigenvalue weighted by atomic mass is 9.82. The number of hydrogen-bond donors (Lipinski definition) is 0. The highest BCUT2D eigenvalue weighted by Crippen LogP contribution is 2.36. The molecule has 1 atom stereocenters. The van der Waals surface area contributed by atoms with E-state index in [0.29, 0.717) is 0 Å². The van der Waals surface area contributed by atoms with Crippen molar-refractivity contribution >= 4 is 0 Å². The minimum Gasteiger partial charge on any atom is -0.366 e. The van der Waals surface area contributed by atoms with Crippen molar-refractivity contribution < 1.29 is 4.74 Å². The fourth-order valence-corrected chi connectivity index (χ4v) is 2.71. The summed E-state index contributed by atoms with van der Waals surface area (Å²) >= 11 is 0. The van der Waals surface area contributed by atoms with Gasteiger partial charge in [0.1, 0.15) is 0 Å². The molecule has 0 bridgehead atoms. The van der Waals surface area contributed by atoms with E-state index in [0.717, 1.165) is 19.9 Å². The molecule has 1 aliphatic heterocycles. The van der Waals surface area contributed by atoms with Gasteiger partial charge in [0, 0.05) is 18.7 Å². The first-order chi connectivity index (χ1) is 8.27. The van der Waals surface area contributed by atoms with Gasteiger partial charge in [0.25, 0.3) is 0 Å². The third-order valence-electron chi connectivity index (χ3n) is 3.89. The standard InChI is InChI=1S/C15H23NO/c1-3-17-13-16-12-8-7-11-15(16,2)14-9-5-4-6-10-14/h4-6,9-10H,3,7-8,11-13H2,1-2H3. The zero-order valence-corrected chi connectivity index (χ0v) is 11.0. The van der Waals surface area contributed by atoms with Crippen LogP contribution in [0.1, 0.15) is 38.7 Å². The molecule has 1 heterocycles. The SMILES string of the molecule is CCOCN1CCCCC1(C)c1ccccc1. The van der Waals surface area contributed by atoms with E-state index in [2.05, 4.69) is 49.1 Å². The van der Waals surface area contributed by atoms with Gasteiger partial charge >= 0.3 is 0 Å². The maximum Gasteiger partial charge on any atom is 0.0997 e. The number of piperidine rings is 1. The zero-order valence-electron chi connectivity index (χ0n) is 11.0. The Morgan fingerprint density at radius 2 is 2.00 bits per heavy atom. The first kappa shape index (κ1) is 12.6.